The number of nitrogens with zero attached hydrogens (tertiary/aromatic N) is 3. The molecule has 0 aliphatic carbocycles. The fourth-order valence-corrected chi connectivity index (χ4v) is 2.64. The van der Waals surface area contributed by atoms with E-state index in [2.05, 4.69) is 58.0 Å². The third-order valence-electron chi connectivity index (χ3n) is 3.54. The Kier molecular flexibility index (Phi) is 3.31. The molecule has 0 aliphatic rings. The Hall–Kier alpha value is -1.58. The normalized spacial score (nSPS) is 13.0. The topological polar surface area (TPSA) is 42.7 Å². The lowest BCUT2D eigenvalue weighted by atomic mass is 9.87. The van der Waals surface area contributed by atoms with Crippen molar-refractivity contribution in [1.29, 1.82) is 0 Å². The van der Waals surface area contributed by atoms with Gasteiger partial charge in [-0.3, -0.25) is 4.68 Å². The highest BCUT2D eigenvalue weighted by molar-refractivity contribution is 5.91. The van der Waals surface area contributed by atoms with Gasteiger partial charge in [-0.2, -0.15) is 5.10 Å². The molecule has 2 heterocycles. The summed E-state index contributed by atoms with van der Waals surface area (Å²) in [6, 6.07) is 2.20. The molecule has 0 aliphatic heterocycles. The molecule has 0 amide bonds. The van der Waals surface area contributed by atoms with Gasteiger partial charge in [0.1, 0.15) is 5.52 Å². The first-order chi connectivity index (χ1) is 9.05. The summed E-state index contributed by atoms with van der Waals surface area (Å²) in [5.41, 5.74) is 3.35. The Morgan fingerprint density at radius 3 is 2.10 bits per heavy atom. The summed E-state index contributed by atoms with van der Waals surface area (Å²) >= 11 is 0. The van der Waals surface area contributed by atoms with E-state index in [1.807, 2.05) is 18.8 Å². The third-order valence-corrected chi connectivity index (χ3v) is 3.54. The lowest BCUT2D eigenvalue weighted by Crippen LogP contribution is -2.17. The molecule has 4 heteroatoms. The number of pyridine rings is 1. The fraction of sp³-hybridized carbons (Fsp3) is 0.625. The quantitative estimate of drug-likeness (QED) is 0.864. The second kappa shape index (κ2) is 4.47. The van der Waals surface area contributed by atoms with E-state index in [1.165, 1.54) is 11.1 Å². The molecule has 2 aromatic heterocycles. The minimum atomic E-state index is 0.0186. The van der Waals surface area contributed by atoms with Crippen molar-refractivity contribution in [3.8, 4) is 0 Å². The molecule has 0 unspecified atom stereocenters. The minimum absolute atomic E-state index is 0.0186. The van der Waals surface area contributed by atoms with E-state index in [0.29, 0.717) is 0 Å². The van der Waals surface area contributed by atoms with Crippen LogP contribution in [-0.4, -0.2) is 21.8 Å². The van der Waals surface area contributed by atoms with Gasteiger partial charge >= 0.3 is 0 Å². The van der Waals surface area contributed by atoms with Gasteiger partial charge < -0.3 is 5.32 Å². The first-order valence-corrected chi connectivity index (χ1v) is 7.12. The number of aryl methyl sites for hydroxylation is 1. The zero-order valence-electron chi connectivity index (χ0n) is 13.9. The van der Waals surface area contributed by atoms with Crippen molar-refractivity contribution in [3.05, 3.63) is 17.5 Å². The zero-order chi connectivity index (χ0) is 15.3. The lowest BCUT2D eigenvalue weighted by Gasteiger charge is -2.22. The summed E-state index contributed by atoms with van der Waals surface area (Å²) in [7, 11) is 3.91. The van der Waals surface area contributed by atoms with Crippen LogP contribution in [0.2, 0.25) is 0 Å². The number of nitrogens with one attached hydrogen (secondary N) is 1. The smallest absolute Gasteiger partial charge is 0.154 e. The monoisotopic (exact) mass is 274 g/mol. The van der Waals surface area contributed by atoms with Crippen LogP contribution in [0.25, 0.3) is 10.9 Å². The Labute approximate surface area is 121 Å². The molecule has 4 nitrogen and oxygen atoms in total. The van der Waals surface area contributed by atoms with Gasteiger partial charge in [-0.15, -0.1) is 0 Å². The molecule has 2 aromatic rings. The number of fused-ring (bicyclic) bond motifs is 1. The molecule has 0 spiro atoms. The van der Waals surface area contributed by atoms with Crippen molar-refractivity contribution in [1.82, 2.24) is 14.8 Å². The van der Waals surface area contributed by atoms with Crippen LogP contribution in [0.4, 0.5) is 5.82 Å². The van der Waals surface area contributed by atoms with Crippen molar-refractivity contribution in [2.45, 2.75) is 52.4 Å². The Bertz CT molecular complexity index is 639. The van der Waals surface area contributed by atoms with Crippen molar-refractivity contribution in [2.24, 2.45) is 7.05 Å². The number of anilines is 1. The molecule has 110 valence electrons. The molecule has 0 radical (unpaired) electrons. The standard InChI is InChI=1S/C16H26N4/c1-15(2,3)11-9-10-12(14(17-7)18-11)19-20(8)13(10)16(4,5)6/h9H,1-8H3,(H,17,18). The maximum absolute atomic E-state index is 4.74. The van der Waals surface area contributed by atoms with Gasteiger partial charge in [-0.25, -0.2) is 4.98 Å². The van der Waals surface area contributed by atoms with Crippen molar-refractivity contribution >= 4 is 16.7 Å². The van der Waals surface area contributed by atoms with Crippen molar-refractivity contribution < 1.29 is 0 Å². The lowest BCUT2D eigenvalue weighted by molar-refractivity contribution is 0.528. The molecule has 1 N–H and O–H groups in total. The predicted octanol–water partition coefficient (Wildman–Crippen LogP) is 3.61. The largest absolute Gasteiger partial charge is 0.371 e. The summed E-state index contributed by atoms with van der Waals surface area (Å²) in [5, 5.41) is 9.05. The fourth-order valence-electron chi connectivity index (χ4n) is 2.64. The maximum atomic E-state index is 4.74. The van der Waals surface area contributed by atoms with E-state index in [1.54, 1.807) is 0 Å². The summed E-state index contributed by atoms with van der Waals surface area (Å²) in [6.07, 6.45) is 0. The molecule has 2 rings (SSSR count). The molecule has 0 aromatic carbocycles. The van der Waals surface area contributed by atoms with Crippen molar-refractivity contribution in [3.63, 3.8) is 0 Å². The number of hydrogen-bond donors (Lipinski definition) is 1. The van der Waals surface area contributed by atoms with Gasteiger partial charge in [0.05, 0.1) is 5.69 Å². The predicted molar refractivity (Wildman–Crippen MR) is 85.5 cm³/mol. The SMILES string of the molecule is CNc1nc(C(C)(C)C)cc2c(C(C)(C)C)n(C)nc12. The summed E-state index contributed by atoms with van der Waals surface area (Å²) in [5.74, 6) is 0.860. The Balaban J connectivity index is 2.88. The second-order valence-electron chi connectivity index (χ2n) is 7.47. The average Bonchev–Trinajstić information content (AvgIpc) is 2.61. The van der Waals surface area contributed by atoms with Gasteiger partial charge in [0.2, 0.25) is 0 Å². The highest BCUT2D eigenvalue weighted by Crippen LogP contribution is 2.34. The second-order valence-corrected chi connectivity index (χ2v) is 7.47. The van der Waals surface area contributed by atoms with Crippen LogP contribution in [0, 0.1) is 0 Å². The van der Waals surface area contributed by atoms with Gasteiger partial charge in [-0.05, 0) is 6.07 Å². The number of rotatable bonds is 1. The van der Waals surface area contributed by atoms with Gasteiger partial charge in [-0.1, -0.05) is 41.5 Å². The molecule has 0 fully saturated rings. The molecule has 0 saturated heterocycles. The van der Waals surface area contributed by atoms with E-state index >= 15 is 0 Å². The molecule has 20 heavy (non-hydrogen) atoms. The number of aromatic nitrogens is 3. The molecule has 0 bridgehead atoms. The van der Waals surface area contributed by atoms with Crippen LogP contribution >= 0.6 is 0 Å². The van der Waals surface area contributed by atoms with Gasteiger partial charge in [0, 0.05) is 36.0 Å². The Morgan fingerprint density at radius 2 is 1.65 bits per heavy atom. The van der Waals surface area contributed by atoms with Crippen LogP contribution in [-0.2, 0) is 17.9 Å². The minimum Gasteiger partial charge on any atom is -0.371 e. The molecular weight excluding hydrogens is 248 g/mol. The number of hydrogen-bond acceptors (Lipinski definition) is 3. The average molecular weight is 274 g/mol. The highest BCUT2D eigenvalue weighted by Gasteiger charge is 2.26. The Morgan fingerprint density at radius 1 is 1.05 bits per heavy atom. The molecule has 0 saturated carbocycles. The first kappa shape index (κ1) is 14.8. The summed E-state index contributed by atoms with van der Waals surface area (Å²) in [6.45, 7) is 13.2. The third kappa shape index (κ3) is 2.39. The van der Waals surface area contributed by atoms with Gasteiger partial charge in [0.25, 0.3) is 0 Å². The van der Waals surface area contributed by atoms with Crippen molar-refractivity contribution in [2.75, 3.05) is 12.4 Å². The molecule has 0 atom stereocenters. The van der Waals surface area contributed by atoms with E-state index in [9.17, 15) is 0 Å². The summed E-state index contributed by atoms with van der Waals surface area (Å²) in [4.78, 5) is 4.74. The zero-order valence-corrected chi connectivity index (χ0v) is 13.9. The first-order valence-electron chi connectivity index (χ1n) is 7.12. The van der Waals surface area contributed by atoms with E-state index in [4.69, 9.17) is 4.98 Å². The summed E-state index contributed by atoms with van der Waals surface area (Å²) < 4.78 is 1.99. The van der Waals surface area contributed by atoms with Crippen LogP contribution in [0.15, 0.2) is 6.07 Å². The van der Waals surface area contributed by atoms with E-state index < -0.39 is 0 Å². The van der Waals surface area contributed by atoms with Crippen LogP contribution in [0.1, 0.15) is 52.9 Å². The van der Waals surface area contributed by atoms with Crippen LogP contribution < -0.4 is 5.32 Å². The molecular formula is C16H26N4. The van der Waals surface area contributed by atoms with E-state index in [0.717, 1.165) is 17.0 Å². The van der Waals surface area contributed by atoms with Gasteiger partial charge in [0.15, 0.2) is 5.82 Å². The van der Waals surface area contributed by atoms with E-state index in [-0.39, 0.29) is 10.8 Å². The van der Waals surface area contributed by atoms with Crippen LogP contribution in [0.3, 0.4) is 0 Å². The maximum Gasteiger partial charge on any atom is 0.154 e. The highest BCUT2D eigenvalue weighted by atomic mass is 15.3. The van der Waals surface area contributed by atoms with Crippen LogP contribution in [0.5, 0.6) is 0 Å².